The summed E-state index contributed by atoms with van der Waals surface area (Å²) in [6, 6.07) is 12.9. The number of nitrogens with one attached hydrogen (secondary N) is 2. The Hall–Kier alpha value is -2.91. The summed E-state index contributed by atoms with van der Waals surface area (Å²) in [5, 5.41) is 17.2. The van der Waals surface area contributed by atoms with Gasteiger partial charge in [0.1, 0.15) is 12.4 Å². The quantitative estimate of drug-likeness (QED) is 0.569. The van der Waals surface area contributed by atoms with Crippen LogP contribution in [0.25, 0.3) is 5.69 Å². The zero-order valence-electron chi connectivity index (χ0n) is 15.6. The van der Waals surface area contributed by atoms with Gasteiger partial charge in [0.2, 0.25) is 5.91 Å². The van der Waals surface area contributed by atoms with Crippen LogP contribution in [0.5, 0.6) is 0 Å². The number of tetrazole rings is 1. The first-order chi connectivity index (χ1) is 14.1. The Morgan fingerprint density at radius 1 is 1.14 bits per heavy atom. The second-order valence-corrected chi connectivity index (χ2v) is 7.53. The van der Waals surface area contributed by atoms with Gasteiger partial charge in [0.25, 0.3) is 5.91 Å². The van der Waals surface area contributed by atoms with Crippen LogP contribution in [-0.4, -0.2) is 50.1 Å². The molecule has 0 aliphatic heterocycles. The molecule has 3 rings (SSSR count). The molecule has 0 aliphatic rings. The fourth-order valence-corrected chi connectivity index (χ4v) is 3.15. The third-order valence-electron chi connectivity index (χ3n) is 4.09. The van der Waals surface area contributed by atoms with Crippen molar-refractivity contribution in [1.29, 1.82) is 0 Å². The van der Waals surface area contributed by atoms with Crippen molar-refractivity contribution in [2.45, 2.75) is 12.5 Å². The molecule has 150 valence electrons. The Balaban J connectivity index is 1.66. The van der Waals surface area contributed by atoms with Crippen molar-refractivity contribution in [1.82, 2.24) is 25.5 Å². The lowest BCUT2D eigenvalue weighted by molar-refractivity contribution is -0.118. The molecule has 0 radical (unpaired) electrons. The number of anilines is 1. The standard InChI is InChI=1S/C19H19ClN6O2S/c1-29-11-10-17(23-18(27)13-2-4-14(20)5-3-13)19(28)22-15-6-8-16(9-7-15)26-12-21-24-25-26/h2-9,12,17H,10-11H2,1H3,(H,22,28)(H,23,27). The van der Waals surface area contributed by atoms with Gasteiger partial charge in [-0.3, -0.25) is 9.59 Å². The van der Waals surface area contributed by atoms with Gasteiger partial charge in [0, 0.05) is 16.3 Å². The topological polar surface area (TPSA) is 102 Å². The Morgan fingerprint density at radius 3 is 2.48 bits per heavy atom. The fraction of sp³-hybridized carbons (Fsp3) is 0.211. The molecule has 1 unspecified atom stereocenters. The first kappa shape index (κ1) is 20.8. The molecule has 29 heavy (non-hydrogen) atoms. The van der Waals surface area contributed by atoms with Gasteiger partial charge in [-0.05, 0) is 77.4 Å². The minimum Gasteiger partial charge on any atom is -0.340 e. The van der Waals surface area contributed by atoms with E-state index in [0.717, 1.165) is 11.4 Å². The molecule has 8 nitrogen and oxygen atoms in total. The second-order valence-electron chi connectivity index (χ2n) is 6.10. The predicted octanol–water partition coefficient (Wildman–Crippen LogP) is 2.81. The van der Waals surface area contributed by atoms with E-state index in [9.17, 15) is 9.59 Å². The van der Waals surface area contributed by atoms with E-state index in [4.69, 9.17) is 11.6 Å². The molecule has 0 saturated heterocycles. The van der Waals surface area contributed by atoms with Crippen molar-refractivity contribution in [3.8, 4) is 5.69 Å². The zero-order chi connectivity index (χ0) is 20.6. The molecule has 2 amide bonds. The summed E-state index contributed by atoms with van der Waals surface area (Å²) in [6.45, 7) is 0. The van der Waals surface area contributed by atoms with E-state index < -0.39 is 6.04 Å². The number of rotatable bonds is 8. The molecule has 0 aliphatic carbocycles. The third kappa shape index (κ3) is 5.78. The van der Waals surface area contributed by atoms with E-state index in [1.54, 1.807) is 60.3 Å². The highest BCUT2D eigenvalue weighted by molar-refractivity contribution is 7.98. The SMILES string of the molecule is CSCCC(NC(=O)c1ccc(Cl)cc1)C(=O)Nc1ccc(-n2cnnn2)cc1. The smallest absolute Gasteiger partial charge is 0.251 e. The number of aromatic nitrogens is 4. The van der Waals surface area contributed by atoms with E-state index in [1.807, 2.05) is 6.26 Å². The van der Waals surface area contributed by atoms with Crippen LogP contribution in [0.2, 0.25) is 5.02 Å². The van der Waals surface area contributed by atoms with Crippen LogP contribution in [0.4, 0.5) is 5.69 Å². The molecular weight excluding hydrogens is 412 g/mol. The summed E-state index contributed by atoms with van der Waals surface area (Å²) in [5.74, 6) is 0.130. The van der Waals surface area contributed by atoms with E-state index in [0.29, 0.717) is 22.7 Å². The molecule has 2 N–H and O–H groups in total. The number of amides is 2. The lowest BCUT2D eigenvalue weighted by atomic mass is 10.1. The molecule has 0 saturated carbocycles. The minimum absolute atomic E-state index is 0.281. The van der Waals surface area contributed by atoms with Crippen LogP contribution >= 0.6 is 23.4 Å². The summed E-state index contributed by atoms with van der Waals surface area (Å²) in [6.07, 6.45) is 3.95. The number of carbonyl (C=O) groups is 2. The van der Waals surface area contributed by atoms with Crippen LogP contribution in [0, 0.1) is 0 Å². The zero-order valence-corrected chi connectivity index (χ0v) is 17.2. The summed E-state index contributed by atoms with van der Waals surface area (Å²) in [4.78, 5) is 25.3. The summed E-state index contributed by atoms with van der Waals surface area (Å²) in [5.41, 5.74) is 1.83. The molecule has 1 heterocycles. The number of benzene rings is 2. The number of hydrogen-bond acceptors (Lipinski definition) is 6. The number of thioether (sulfide) groups is 1. The van der Waals surface area contributed by atoms with E-state index in [-0.39, 0.29) is 11.8 Å². The normalized spacial score (nSPS) is 11.7. The molecule has 1 atom stereocenters. The van der Waals surface area contributed by atoms with Crippen molar-refractivity contribution in [3.63, 3.8) is 0 Å². The molecule has 0 bridgehead atoms. The maximum Gasteiger partial charge on any atom is 0.251 e. The van der Waals surface area contributed by atoms with Gasteiger partial charge in [-0.2, -0.15) is 11.8 Å². The lowest BCUT2D eigenvalue weighted by Gasteiger charge is -2.18. The number of nitrogens with zero attached hydrogens (tertiary/aromatic N) is 4. The summed E-state index contributed by atoms with van der Waals surface area (Å²) >= 11 is 7.47. The van der Waals surface area contributed by atoms with Gasteiger partial charge in [-0.25, -0.2) is 4.68 Å². The Morgan fingerprint density at radius 2 is 1.86 bits per heavy atom. The molecule has 2 aromatic carbocycles. The second kappa shape index (κ2) is 10.0. The number of halogens is 1. The van der Waals surface area contributed by atoms with Crippen molar-refractivity contribution in [3.05, 3.63) is 65.4 Å². The Kier molecular flexibility index (Phi) is 7.20. The van der Waals surface area contributed by atoms with Gasteiger partial charge in [0.15, 0.2) is 0 Å². The molecular formula is C19H19ClN6O2S. The third-order valence-corrected chi connectivity index (χ3v) is 4.98. The lowest BCUT2D eigenvalue weighted by Crippen LogP contribution is -2.44. The molecule has 0 spiro atoms. The molecule has 0 fully saturated rings. The van der Waals surface area contributed by atoms with Crippen LogP contribution in [0.1, 0.15) is 16.8 Å². The highest BCUT2D eigenvalue weighted by atomic mass is 35.5. The van der Waals surface area contributed by atoms with Crippen molar-refractivity contribution >= 4 is 40.9 Å². The predicted molar refractivity (Wildman–Crippen MR) is 113 cm³/mol. The minimum atomic E-state index is -0.662. The van der Waals surface area contributed by atoms with Crippen molar-refractivity contribution in [2.24, 2.45) is 0 Å². The van der Waals surface area contributed by atoms with Gasteiger partial charge in [-0.15, -0.1) is 5.10 Å². The summed E-state index contributed by atoms with van der Waals surface area (Å²) < 4.78 is 1.51. The number of hydrogen-bond donors (Lipinski definition) is 2. The summed E-state index contributed by atoms with van der Waals surface area (Å²) in [7, 11) is 0. The molecule has 10 heteroatoms. The first-order valence-electron chi connectivity index (χ1n) is 8.76. The van der Waals surface area contributed by atoms with Crippen LogP contribution < -0.4 is 10.6 Å². The number of carbonyl (C=O) groups excluding carboxylic acids is 2. The van der Waals surface area contributed by atoms with Crippen LogP contribution in [0.3, 0.4) is 0 Å². The Labute approximate surface area is 177 Å². The maximum absolute atomic E-state index is 12.8. The maximum atomic E-state index is 12.8. The van der Waals surface area contributed by atoms with E-state index >= 15 is 0 Å². The van der Waals surface area contributed by atoms with Gasteiger partial charge < -0.3 is 10.6 Å². The molecule has 1 aromatic heterocycles. The van der Waals surface area contributed by atoms with Crippen LogP contribution in [-0.2, 0) is 4.79 Å². The van der Waals surface area contributed by atoms with Gasteiger partial charge in [-0.1, -0.05) is 11.6 Å². The monoisotopic (exact) mass is 430 g/mol. The van der Waals surface area contributed by atoms with Crippen LogP contribution in [0.15, 0.2) is 54.9 Å². The highest BCUT2D eigenvalue weighted by Gasteiger charge is 2.21. The van der Waals surface area contributed by atoms with E-state index in [2.05, 4.69) is 26.2 Å². The van der Waals surface area contributed by atoms with Gasteiger partial charge in [0.05, 0.1) is 5.69 Å². The van der Waals surface area contributed by atoms with Gasteiger partial charge >= 0.3 is 0 Å². The average molecular weight is 431 g/mol. The Bertz CT molecular complexity index is 948. The largest absolute Gasteiger partial charge is 0.340 e. The molecule has 3 aromatic rings. The van der Waals surface area contributed by atoms with E-state index in [1.165, 1.54) is 11.0 Å². The van der Waals surface area contributed by atoms with Crippen molar-refractivity contribution in [2.75, 3.05) is 17.3 Å². The fourth-order valence-electron chi connectivity index (χ4n) is 2.55. The van der Waals surface area contributed by atoms with Crippen molar-refractivity contribution < 1.29 is 9.59 Å². The average Bonchev–Trinajstić information content (AvgIpc) is 3.27. The first-order valence-corrected chi connectivity index (χ1v) is 10.5. The highest BCUT2D eigenvalue weighted by Crippen LogP contribution is 2.14.